The molecule has 0 spiro atoms. The van der Waals surface area contributed by atoms with Gasteiger partial charge < -0.3 is 24.7 Å². The highest BCUT2D eigenvalue weighted by molar-refractivity contribution is 5.89. The molecule has 2 heterocycles. The zero-order chi connectivity index (χ0) is 24.9. The molecule has 182 valence electrons. The van der Waals surface area contributed by atoms with Crippen LogP contribution < -0.4 is 10.1 Å². The van der Waals surface area contributed by atoms with Crippen LogP contribution in [0.5, 0.6) is 11.5 Å². The number of hydrogen-bond donors (Lipinski definition) is 3. The summed E-state index contributed by atoms with van der Waals surface area (Å²) in [6.07, 6.45) is 6.29. The first kappa shape index (κ1) is 23.2. The number of para-hydroxylation sites is 1. The molecule has 1 amide bonds. The number of phenolic OH excluding ortho intramolecular Hbond substituents is 1. The maximum absolute atomic E-state index is 13.3. The number of imidazole rings is 1. The van der Waals surface area contributed by atoms with Gasteiger partial charge in [-0.1, -0.05) is 48.5 Å². The van der Waals surface area contributed by atoms with Crippen molar-refractivity contribution in [2.24, 2.45) is 0 Å². The van der Waals surface area contributed by atoms with Gasteiger partial charge in [0.25, 0.3) is 0 Å². The lowest BCUT2D eigenvalue weighted by Crippen LogP contribution is -2.33. The zero-order valence-electron chi connectivity index (χ0n) is 20.0. The number of benzene rings is 3. The highest BCUT2D eigenvalue weighted by Gasteiger charge is 2.22. The number of rotatable bonds is 9. The van der Waals surface area contributed by atoms with Crippen LogP contribution in [0.4, 0.5) is 0 Å². The topological polar surface area (TPSA) is 92.2 Å². The quantitative estimate of drug-likeness (QED) is 0.283. The SMILES string of the molecule is COc1ccccc1Cn1ccnc1C(Cc1ccccc1)NC(=O)Cc1c[nH]c2ccc(O)cc12. The van der Waals surface area contributed by atoms with Gasteiger partial charge in [0.15, 0.2) is 0 Å². The second-order valence-electron chi connectivity index (χ2n) is 8.76. The van der Waals surface area contributed by atoms with Gasteiger partial charge in [0, 0.05) is 35.1 Å². The van der Waals surface area contributed by atoms with Gasteiger partial charge in [-0.05, 0) is 41.8 Å². The molecular weight excluding hydrogens is 452 g/mol. The van der Waals surface area contributed by atoms with Crippen LogP contribution in [0.15, 0.2) is 91.4 Å². The average molecular weight is 481 g/mol. The molecule has 0 saturated heterocycles. The minimum atomic E-state index is -0.330. The second-order valence-corrected chi connectivity index (χ2v) is 8.76. The van der Waals surface area contributed by atoms with E-state index in [9.17, 15) is 9.90 Å². The van der Waals surface area contributed by atoms with Crippen molar-refractivity contribution in [2.45, 2.75) is 25.4 Å². The first-order valence-corrected chi connectivity index (χ1v) is 11.9. The summed E-state index contributed by atoms with van der Waals surface area (Å²) in [4.78, 5) is 21.1. The van der Waals surface area contributed by atoms with Crippen molar-refractivity contribution < 1.29 is 14.6 Å². The Morgan fingerprint density at radius 2 is 1.89 bits per heavy atom. The molecule has 3 aromatic carbocycles. The van der Waals surface area contributed by atoms with Crippen LogP contribution >= 0.6 is 0 Å². The van der Waals surface area contributed by atoms with Gasteiger partial charge >= 0.3 is 0 Å². The molecule has 1 unspecified atom stereocenters. The maximum atomic E-state index is 13.3. The summed E-state index contributed by atoms with van der Waals surface area (Å²) in [6, 6.07) is 22.7. The van der Waals surface area contributed by atoms with Gasteiger partial charge in [-0.15, -0.1) is 0 Å². The normalized spacial score (nSPS) is 11.9. The molecule has 0 aliphatic heterocycles. The third kappa shape index (κ3) is 5.10. The lowest BCUT2D eigenvalue weighted by Gasteiger charge is -2.21. The summed E-state index contributed by atoms with van der Waals surface area (Å²) in [5.74, 6) is 1.63. The summed E-state index contributed by atoms with van der Waals surface area (Å²) in [6.45, 7) is 0.572. The van der Waals surface area contributed by atoms with Crippen LogP contribution in [-0.2, 0) is 24.2 Å². The van der Waals surface area contributed by atoms with Crippen molar-refractivity contribution in [1.29, 1.82) is 0 Å². The molecule has 0 radical (unpaired) electrons. The van der Waals surface area contributed by atoms with Crippen molar-refractivity contribution in [3.63, 3.8) is 0 Å². The number of methoxy groups -OCH3 is 1. The monoisotopic (exact) mass is 480 g/mol. The van der Waals surface area contributed by atoms with Crippen LogP contribution in [0.1, 0.15) is 28.6 Å². The third-order valence-electron chi connectivity index (χ3n) is 6.31. The Labute approximate surface area is 209 Å². The van der Waals surface area contributed by atoms with Gasteiger partial charge in [0.05, 0.1) is 26.1 Å². The molecule has 0 aliphatic rings. The molecular formula is C29H28N4O3. The number of carbonyl (C=O) groups excluding carboxylic acids is 1. The Balaban J connectivity index is 1.41. The van der Waals surface area contributed by atoms with Crippen molar-refractivity contribution in [2.75, 3.05) is 7.11 Å². The fourth-order valence-corrected chi connectivity index (χ4v) is 4.57. The molecule has 5 rings (SSSR count). The molecule has 0 bridgehead atoms. The number of aromatic nitrogens is 3. The standard InChI is InChI=1S/C29H28N4O3/c1-36-27-10-6-5-9-21(27)19-33-14-13-30-29(33)26(15-20-7-3-2-4-8-20)32-28(35)16-22-18-31-25-12-11-23(34)17-24(22)25/h2-14,17-18,26,31,34H,15-16,19H2,1H3,(H,32,35). The van der Waals surface area contributed by atoms with E-state index in [0.29, 0.717) is 13.0 Å². The highest BCUT2D eigenvalue weighted by atomic mass is 16.5. The minimum absolute atomic E-state index is 0.119. The summed E-state index contributed by atoms with van der Waals surface area (Å²) in [5, 5.41) is 13.9. The predicted octanol–water partition coefficient (Wildman–Crippen LogP) is 4.77. The average Bonchev–Trinajstić information content (AvgIpc) is 3.51. The zero-order valence-corrected chi connectivity index (χ0v) is 20.0. The number of aromatic amines is 1. The van der Waals surface area contributed by atoms with Crippen molar-refractivity contribution in [3.8, 4) is 11.5 Å². The maximum Gasteiger partial charge on any atom is 0.225 e. The predicted molar refractivity (Wildman–Crippen MR) is 139 cm³/mol. The molecule has 3 N–H and O–H groups in total. The van der Waals surface area contributed by atoms with Gasteiger partial charge in [-0.25, -0.2) is 4.98 Å². The molecule has 5 aromatic rings. The third-order valence-corrected chi connectivity index (χ3v) is 6.31. The Bertz CT molecular complexity index is 1470. The Morgan fingerprint density at radius 3 is 2.72 bits per heavy atom. The molecule has 1 atom stereocenters. The van der Waals surface area contributed by atoms with Crippen molar-refractivity contribution in [3.05, 3.63) is 114 Å². The van der Waals surface area contributed by atoms with Gasteiger partial charge in [0.1, 0.15) is 17.3 Å². The lowest BCUT2D eigenvalue weighted by molar-refractivity contribution is -0.121. The second kappa shape index (κ2) is 10.4. The molecule has 2 aromatic heterocycles. The number of nitrogens with one attached hydrogen (secondary N) is 2. The van der Waals surface area contributed by atoms with E-state index in [1.165, 1.54) is 0 Å². The molecule has 0 saturated carbocycles. The Morgan fingerprint density at radius 1 is 1.08 bits per heavy atom. The number of aromatic hydroxyl groups is 1. The number of amides is 1. The van der Waals surface area contributed by atoms with Gasteiger partial charge in [0.2, 0.25) is 5.91 Å². The largest absolute Gasteiger partial charge is 0.508 e. The van der Waals surface area contributed by atoms with Gasteiger partial charge in [-0.3, -0.25) is 4.79 Å². The van der Waals surface area contributed by atoms with Crippen molar-refractivity contribution >= 4 is 16.8 Å². The van der Waals surface area contributed by atoms with Crippen LogP contribution in [0.3, 0.4) is 0 Å². The number of nitrogens with zero attached hydrogens (tertiary/aromatic N) is 2. The van der Waals surface area contributed by atoms with E-state index in [1.54, 1.807) is 31.5 Å². The summed E-state index contributed by atoms with van der Waals surface area (Å²) in [5.41, 5.74) is 3.84. The van der Waals surface area contributed by atoms with Crippen LogP contribution in [0.25, 0.3) is 10.9 Å². The number of carbonyl (C=O) groups is 1. The lowest BCUT2D eigenvalue weighted by atomic mass is 10.0. The summed E-state index contributed by atoms with van der Waals surface area (Å²) >= 11 is 0. The Kier molecular flexibility index (Phi) is 6.71. The molecule has 0 aliphatic carbocycles. The number of fused-ring (bicyclic) bond motifs is 1. The summed E-state index contributed by atoms with van der Waals surface area (Å²) in [7, 11) is 1.66. The van der Waals surface area contributed by atoms with Crippen LogP contribution in [0.2, 0.25) is 0 Å². The van der Waals surface area contributed by atoms with E-state index in [-0.39, 0.29) is 24.1 Å². The minimum Gasteiger partial charge on any atom is -0.508 e. The molecule has 36 heavy (non-hydrogen) atoms. The van der Waals surface area contributed by atoms with E-state index >= 15 is 0 Å². The molecule has 7 heteroatoms. The van der Waals surface area contributed by atoms with E-state index in [0.717, 1.165) is 39.2 Å². The Hall–Kier alpha value is -4.52. The smallest absolute Gasteiger partial charge is 0.225 e. The first-order chi connectivity index (χ1) is 17.6. The molecule has 7 nitrogen and oxygen atoms in total. The van der Waals surface area contributed by atoms with Gasteiger partial charge in [-0.2, -0.15) is 0 Å². The van der Waals surface area contributed by atoms with Crippen molar-refractivity contribution in [1.82, 2.24) is 19.9 Å². The summed E-state index contributed by atoms with van der Waals surface area (Å²) < 4.78 is 7.58. The molecule has 0 fully saturated rings. The highest BCUT2D eigenvalue weighted by Crippen LogP contribution is 2.25. The number of H-pyrrole nitrogens is 1. The number of hydrogen-bond acceptors (Lipinski definition) is 4. The van der Waals surface area contributed by atoms with Crippen LogP contribution in [0, 0.1) is 0 Å². The fourth-order valence-electron chi connectivity index (χ4n) is 4.57. The van der Waals surface area contributed by atoms with Crippen LogP contribution in [-0.4, -0.2) is 32.7 Å². The van der Waals surface area contributed by atoms with E-state index < -0.39 is 0 Å². The van der Waals surface area contributed by atoms with E-state index in [4.69, 9.17) is 4.74 Å². The first-order valence-electron chi connectivity index (χ1n) is 11.9. The van der Waals surface area contributed by atoms with E-state index in [1.807, 2.05) is 54.9 Å². The fraction of sp³-hybridized carbons (Fsp3) is 0.172. The number of ether oxygens (including phenoxy) is 1. The van der Waals surface area contributed by atoms with E-state index in [2.05, 4.69) is 32.0 Å². The number of phenols is 1.